The summed E-state index contributed by atoms with van der Waals surface area (Å²) >= 11 is 6.43. The molecule has 0 bridgehead atoms. The van der Waals surface area contributed by atoms with E-state index in [1.54, 1.807) is 12.1 Å². The summed E-state index contributed by atoms with van der Waals surface area (Å²) in [7, 11) is 0. The number of aryl methyl sites for hydroxylation is 1. The molecule has 0 N–H and O–H groups in total. The van der Waals surface area contributed by atoms with Crippen LogP contribution in [0.2, 0.25) is 5.02 Å². The van der Waals surface area contributed by atoms with Crippen molar-refractivity contribution >= 4 is 28.3 Å². The second kappa shape index (κ2) is 5.06. The largest absolute Gasteiger partial charge is 0.288 e. The summed E-state index contributed by atoms with van der Waals surface area (Å²) in [5, 5.41) is 1.28. The Hall–Kier alpha value is -2.19. The average Bonchev–Trinajstić information content (AvgIpc) is 2.48. The molecule has 3 aromatic rings. The summed E-state index contributed by atoms with van der Waals surface area (Å²) in [6, 6.07) is 16.7. The Morgan fingerprint density at radius 2 is 1.65 bits per heavy atom. The van der Waals surface area contributed by atoms with Crippen LogP contribution in [0, 0.1) is 6.92 Å². The molecule has 0 fully saturated rings. The van der Waals surface area contributed by atoms with Gasteiger partial charge in [-0.25, -0.2) is 0 Å². The molecule has 0 atom stereocenters. The molecule has 0 saturated carbocycles. The van der Waals surface area contributed by atoms with Gasteiger partial charge in [0.2, 0.25) is 0 Å². The number of hydrogen-bond donors (Lipinski definition) is 0. The molecule has 0 unspecified atom stereocenters. The van der Waals surface area contributed by atoms with E-state index in [0.29, 0.717) is 21.8 Å². The summed E-state index contributed by atoms with van der Waals surface area (Å²) in [6.07, 6.45) is 0. The van der Waals surface area contributed by atoms with Crippen LogP contribution in [0.15, 0.2) is 54.6 Å². The molecule has 1 aromatic heterocycles. The van der Waals surface area contributed by atoms with Crippen LogP contribution in [-0.4, -0.2) is 10.8 Å². The normalized spacial score (nSPS) is 10.7. The summed E-state index contributed by atoms with van der Waals surface area (Å²) < 4.78 is 0. The first kappa shape index (κ1) is 12.8. The lowest BCUT2D eigenvalue weighted by atomic mass is 10.0. The third kappa shape index (κ3) is 2.08. The number of ketones is 1. The first-order valence-corrected chi connectivity index (χ1v) is 6.71. The van der Waals surface area contributed by atoms with E-state index in [9.17, 15) is 4.79 Å². The van der Waals surface area contributed by atoms with Crippen LogP contribution in [0.4, 0.5) is 0 Å². The number of carbonyl (C=O) groups excluding carboxylic acids is 1. The quantitative estimate of drug-likeness (QED) is 0.651. The highest BCUT2D eigenvalue weighted by atomic mass is 35.5. The van der Waals surface area contributed by atoms with Crippen molar-refractivity contribution in [2.75, 3.05) is 0 Å². The van der Waals surface area contributed by atoms with Crippen LogP contribution in [0.3, 0.4) is 0 Å². The minimum Gasteiger partial charge on any atom is -0.288 e. The molecule has 0 aliphatic carbocycles. The first-order valence-electron chi connectivity index (χ1n) is 6.33. The van der Waals surface area contributed by atoms with Gasteiger partial charge in [-0.2, -0.15) is 0 Å². The zero-order valence-corrected chi connectivity index (χ0v) is 11.7. The molecule has 2 nitrogen and oxygen atoms in total. The smallest absolute Gasteiger partial charge is 0.196 e. The fourth-order valence-electron chi connectivity index (χ4n) is 2.28. The monoisotopic (exact) mass is 281 g/mol. The number of pyridine rings is 1. The number of fused-ring (bicyclic) bond motifs is 1. The fraction of sp³-hybridized carbons (Fsp3) is 0.0588. The van der Waals surface area contributed by atoms with Gasteiger partial charge < -0.3 is 0 Å². The van der Waals surface area contributed by atoms with Crippen molar-refractivity contribution in [3.8, 4) is 0 Å². The second-order valence-electron chi connectivity index (χ2n) is 4.60. The Labute approximate surface area is 122 Å². The molecule has 1 heterocycles. The second-order valence-corrected chi connectivity index (χ2v) is 4.98. The van der Waals surface area contributed by atoms with Crippen molar-refractivity contribution in [3.05, 3.63) is 76.4 Å². The third-order valence-corrected chi connectivity index (χ3v) is 3.67. The molecule has 20 heavy (non-hydrogen) atoms. The van der Waals surface area contributed by atoms with Crippen LogP contribution in [0.5, 0.6) is 0 Å². The molecule has 3 rings (SSSR count). The van der Waals surface area contributed by atoms with Crippen LogP contribution in [0.1, 0.15) is 21.6 Å². The number of carbonyl (C=O) groups is 1. The van der Waals surface area contributed by atoms with E-state index >= 15 is 0 Å². The van der Waals surface area contributed by atoms with E-state index in [1.807, 2.05) is 49.4 Å². The maximum Gasteiger partial charge on any atom is 0.196 e. The minimum absolute atomic E-state index is 0.0913. The predicted octanol–water partition coefficient (Wildman–Crippen LogP) is 4.43. The molecule has 98 valence electrons. The van der Waals surface area contributed by atoms with Crippen molar-refractivity contribution in [2.24, 2.45) is 0 Å². The molecule has 0 saturated heterocycles. The molecule has 0 aliphatic rings. The van der Waals surface area contributed by atoms with E-state index in [2.05, 4.69) is 4.98 Å². The number of nitrogens with zero attached hydrogens (tertiary/aromatic N) is 1. The van der Waals surface area contributed by atoms with Crippen molar-refractivity contribution < 1.29 is 4.79 Å². The Kier molecular flexibility index (Phi) is 3.25. The Balaban J connectivity index is 2.24. The highest BCUT2D eigenvalue weighted by molar-refractivity contribution is 6.39. The average molecular weight is 282 g/mol. The topological polar surface area (TPSA) is 30.0 Å². The summed E-state index contributed by atoms with van der Waals surface area (Å²) in [4.78, 5) is 17.1. The van der Waals surface area contributed by atoms with Crippen molar-refractivity contribution in [2.45, 2.75) is 6.92 Å². The van der Waals surface area contributed by atoms with E-state index < -0.39 is 0 Å². The standard InChI is InChI=1S/C17H12ClNO/c1-11-15(17(20)12-7-3-2-4-8-12)16(18)13-9-5-6-10-14(13)19-11/h2-10H,1H3. The number of hydrogen-bond acceptors (Lipinski definition) is 2. The summed E-state index contributed by atoms with van der Waals surface area (Å²) in [6.45, 7) is 1.81. The van der Waals surface area contributed by atoms with Gasteiger partial charge in [0.15, 0.2) is 5.78 Å². The third-order valence-electron chi connectivity index (χ3n) is 3.27. The highest BCUT2D eigenvalue weighted by Crippen LogP contribution is 2.29. The maximum absolute atomic E-state index is 12.6. The van der Waals surface area contributed by atoms with Gasteiger partial charge in [0.1, 0.15) is 0 Å². The predicted molar refractivity (Wildman–Crippen MR) is 81.4 cm³/mol. The van der Waals surface area contributed by atoms with Gasteiger partial charge in [-0.15, -0.1) is 0 Å². The summed E-state index contributed by atoms with van der Waals surface area (Å²) in [5.41, 5.74) is 2.56. The molecule has 0 amide bonds. The number of halogens is 1. The van der Waals surface area contributed by atoms with E-state index in [4.69, 9.17) is 11.6 Å². The molecule has 3 heteroatoms. The number of aromatic nitrogens is 1. The van der Waals surface area contributed by atoms with Gasteiger partial charge in [-0.05, 0) is 13.0 Å². The SMILES string of the molecule is Cc1nc2ccccc2c(Cl)c1C(=O)c1ccccc1. The lowest BCUT2D eigenvalue weighted by Crippen LogP contribution is -2.06. The van der Waals surface area contributed by atoms with Crippen LogP contribution >= 0.6 is 11.6 Å². The fourth-order valence-corrected chi connectivity index (χ4v) is 2.67. The van der Waals surface area contributed by atoms with Crippen molar-refractivity contribution in [1.82, 2.24) is 4.98 Å². The summed E-state index contributed by atoms with van der Waals surface area (Å²) in [5.74, 6) is -0.0913. The van der Waals surface area contributed by atoms with Crippen molar-refractivity contribution in [3.63, 3.8) is 0 Å². The molecule has 2 aromatic carbocycles. The number of para-hydroxylation sites is 1. The highest BCUT2D eigenvalue weighted by Gasteiger charge is 2.18. The Morgan fingerprint density at radius 1 is 1.00 bits per heavy atom. The molecular formula is C17H12ClNO. The zero-order valence-electron chi connectivity index (χ0n) is 10.9. The van der Waals surface area contributed by atoms with Crippen LogP contribution < -0.4 is 0 Å². The van der Waals surface area contributed by atoms with Gasteiger partial charge >= 0.3 is 0 Å². The van der Waals surface area contributed by atoms with Gasteiger partial charge in [0.25, 0.3) is 0 Å². The lowest BCUT2D eigenvalue weighted by molar-refractivity contribution is 0.103. The zero-order chi connectivity index (χ0) is 14.1. The van der Waals surface area contributed by atoms with Crippen molar-refractivity contribution in [1.29, 1.82) is 0 Å². The molecule has 0 aliphatic heterocycles. The van der Waals surface area contributed by atoms with Gasteiger partial charge in [0, 0.05) is 10.9 Å². The molecular weight excluding hydrogens is 270 g/mol. The molecule has 0 radical (unpaired) electrons. The number of benzene rings is 2. The van der Waals surface area contributed by atoms with E-state index in [0.717, 1.165) is 10.9 Å². The molecule has 0 spiro atoms. The lowest BCUT2D eigenvalue weighted by Gasteiger charge is -2.10. The van der Waals surface area contributed by atoms with Crippen LogP contribution in [-0.2, 0) is 0 Å². The Morgan fingerprint density at radius 3 is 2.40 bits per heavy atom. The van der Waals surface area contributed by atoms with Gasteiger partial charge in [-0.1, -0.05) is 60.1 Å². The van der Waals surface area contributed by atoms with Gasteiger partial charge in [0.05, 0.1) is 21.8 Å². The van der Waals surface area contributed by atoms with E-state index in [-0.39, 0.29) is 5.78 Å². The first-order chi connectivity index (χ1) is 9.68. The minimum atomic E-state index is -0.0913. The Bertz CT molecular complexity index is 797. The van der Waals surface area contributed by atoms with E-state index in [1.165, 1.54) is 0 Å². The number of rotatable bonds is 2. The van der Waals surface area contributed by atoms with Gasteiger partial charge in [-0.3, -0.25) is 9.78 Å². The van der Waals surface area contributed by atoms with Crippen LogP contribution in [0.25, 0.3) is 10.9 Å². The maximum atomic E-state index is 12.6.